The fourth-order valence-corrected chi connectivity index (χ4v) is 2.24. The number of aromatic nitrogens is 2. The quantitative estimate of drug-likeness (QED) is 0.888. The van der Waals surface area contributed by atoms with Gasteiger partial charge in [-0.1, -0.05) is 15.9 Å². The maximum Gasteiger partial charge on any atom is 0.119 e. The van der Waals surface area contributed by atoms with Gasteiger partial charge in [0.15, 0.2) is 0 Å². The van der Waals surface area contributed by atoms with E-state index in [2.05, 4.69) is 33.3 Å². The van der Waals surface area contributed by atoms with E-state index in [1.54, 1.807) is 13.3 Å². The van der Waals surface area contributed by atoms with E-state index in [0.29, 0.717) is 6.04 Å². The van der Waals surface area contributed by atoms with Gasteiger partial charge in [-0.3, -0.25) is 4.68 Å². The van der Waals surface area contributed by atoms with Gasteiger partial charge in [0, 0.05) is 29.5 Å². The number of ether oxygens (including phenoxy) is 1. The molecule has 0 saturated carbocycles. The molecule has 1 atom stereocenters. The van der Waals surface area contributed by atoms with Crippen molar-refractivity contribution in [1.82, 2.24) is 15.1 Å². The van der Waals surface area contributed by atoms with Gasteiger partial charge >= 0.3 is 0 Å². The zero-order chi connectivity index (χ0) is 13.7. The second-order valence-electron chi connectivity index (χ2n) is 4.47. The third kappa shape index (κ3) is 4.08. The topological polar surface area (TPSA) is 39.1 Å². The maximum absolute atomic E-state index is 5.24. The summed E-state index contributed by atoms with van der Waals surface area (Å²) < 4.78 is 8.26. The molecule has 0 aliphatic carbocycles. The number of nitrogens with zero attached hydrogens (tertiary/aromatic N) is 2. The van der Waals surface area contributed by atoms with E-state index >= 15 is 0 Å². The van der Waals surface area contributed by atoms with Crippen molar-refractivity contribution in [3.8, 4) is 5.75 Å². The molecule has 2 rings (SSSR count). The Morgan fingerprint density at radius 1 is 1.47 bits per heavy atom. The van der Waals surface area contributed by atoms with Gasteiger partial charge in [-0.2, -0.15) is 5.10 Å². The minimum Gasteiger partial charge on any atom is -0.497 e. The van der Waals surface area contributed by atoms with E-state index in [1.807, 2.05) is 35.1 Å². The lowest BCUT2D eigenvalue weighted by atomic mass is 10.2. The highest BCUT2D eigenvalue weighted by atomic mass is 79.9. The van der Waals surface area contributed by atoms with Crippen LogP contribution in [0.15, 0.2) is 41.1 Å². The van der Waals surface area contributed by atoms with Gasteiger partial charge in [0.1, 0.15) is 5.75 Å². The molecule has 1 aromatic carbocycles. The molecule has 102 valence electrons. The Hall–Kier alpha value is -1.33. The van der Waals surface area contributed by atoms with Crippen LogP contribution < -0.4 is 10.1 Å². The van der Waals surface area contributed by atoms with Crippen LogP contribution in [0.1, 0.15) is 12.5 Å². The minimum atomic E-state index is 0.345. The first-order chi connectivity index (χ1) is 9.19. The summed E-state index contributed by atoms with van der Waals surface area (Å²) in [6.45, 7) is 3.80. The van der Waals surface area contributed by atoms with Crippen molar-refractivity contribution in [2.75, 3.05) is 7.11 Å². The Balaban J connectivity index is 1.91. The zero-order valence-electron chi connectivity index (χ0n) is 11.1. The SMILES string of the molecule is COc1ccc(Br)c(CNC(C)Cn2cccn2)c1. The summed E-state index contributed by atoms with van der Waals surface area (Å²) >= 11 is 3.56. The van der Waals surface area contributed by atoms with Crippen LogP contribution in [0, 0.1) is 0 Å². The van der Waals surface area contributed by atoms with Crippen LogP contribution in [0.5, 0.6) is 5.75 Å². The van der Waals surface area contributed by atoms with Crippen molar-refractivity contribution in [2.45, 2.75) is 26.1 Å². The molecule has 0 fully saturated rings. The van der Waals surface area contributed by atoms with Crippen LogP contribution >= 0.6 is 15.9 Å². The van der Waals surface area contributed by atoms with Gasteiger partial charge < -0.3 is 10.1 Å². The number of hydrogen-bond acceptors (Lipinski definition) is 3. The third-order valence-corrected chi connectivity index (χ3v) is 3.69. The predicted octanol–water partition coefficient (Wildman–Crippen LogP) is 2.83. The Morgan fingerprint density at radius 3 is 3.00 bits per heavy atom. The molecule has 0 bridgehead atoms. The monoisotopic (exact) mass is 323 g/mol. The Kier molecular flexibility index (Phi) is 4.99. The number of methoxy groups -OCH3 is 1. The van der Waals surface area contributed by atoms with Crippen molar-refractivity contribution in [2.24, 2.45) is 0 Å². The second kappa shape index (κ2) is 6.73. The van der Waals surface area contributed by atoms with Crippen molar-refractivity contribution < 1.29 is 4.74 Å². The van der Waals surface area contributed by atoms with E-state index in [9.17, 15) is 0 Å². The summed E-state index contributed by atoms with van der Waals surface area (Å²) in [4.78, 5) is 0. The molecule has 0 aliphatic heterocycles. The fraction of sp³-hybridized carbons (Fsp3) is 0.357. The lowest BCUT2D eigenvalue weighted by molar-refractivity contribution is 0.412. The van der Waals surface area contributed by atoms with Gasteiger partial charge in [-0.15, -0.1) is 0 Å². The molecule has 1 N–H and O–H groups in total. The third-order valence-electron chi connectivity index (χ3n) is 2.91. The molecule has 1 heterocycles. The molecule has 19 heavy (non-hydrogen) atoms. The fourth-order valence-electron chi connectivity index (χ4n) is 1.85. The van der Waals surface area contributed by atoms with Gasteiger partial charge in [-0.05, 0) is 36.8 Å². The Morgan fingerprint density at radius 2 is 2.32 bits per heavy atom. The van der Waals surface area contributed by atoms with Crippen LogP contribution in [0.25, 0.3) is 0 Å². The molecular formula is C14H18BrN3O. The number of nitrogens with one attached hydrogen (secondary N) is 1. The molecule has 1 aromatic heterocycles. The van der Waals surface area contributed by atoms with Crippen LogP contribution in [0.4, 0.5) is 0 Å². The number of hydrogen-bond donors (Lipinski definition) is 1. The largest absolute Gasteiger partial charge is 0.497 e. The highest BCUT2D eigenvalue weighted by molar-refractivity contribution is 9.10. The molecule has 0 saturated heterocycles. The van der Waals surface area contributed by atoms with E-state index in [1.165, 1.54) is 5.56 Å². The molecule has 1 unspecified atom stereocenters. The highest BCUT2D eigenvalue weighted by Crippen LogP contribution is 2.22. The predicted molar refractivity (Wildman–Crippen MR) is 79.2 cm³/mol. The molecular weight excluding hydrogens is 306 g/mol. The van der Waals surface area contributed by atoms with Crippen molar-refractivity contribution in [3.05, 3.63) is 46.7 Å². The lowest BCUT2D eigenvalue weighted by Gasteiger charge is -2.15. The van der Waals surface area contributed by atoms with E-state index in [-0.39, 0.29) is 0 Å². The summed E-state index contributed by atoms with van der Waals surface area (Å²) in [7, 11) is 1.68. The first kappa shape index (κ1) is 14.1. The van der Waals surface area contributed by atoms with Crippen LogP contribution in [0.2, 0.25) is 0 Å². The average Bonchev–Trinajstić information content (AvgIpc) is 2.90. The normalized spacial score (nSPS) is 12.4. The summed E-state index contributed by atoms with van der Waals surface area (Å²) in [5, 5.41) is 7.69. The Bertz CT molecular complexity index is 513. The molecule has 0 spiro atoms. The molecule has 0 aliphatic rings. The standard InChI is InChI=1S/C14H18BrN3O/c1-11(10-18-7-3-6-17-18)16-9-12-8-13(19-2)4-5-14(12)15/h3-8,11,16H,9-10H2,1-2H3. The summed E-state index contributed by atoms with van der Waals surface area (Å²) in [6.07, 6.45) is 3.77. The van der Waals surface area contributed by atoms with Crippen LogP contribution in [-0.2, 0) is 13.1 Å². The van der Waals surface area contributed by atoms with Crippen molar-refractivity contribution in [1.29, 1.82) is 0 Å². The number of rotatable bonds is 6. The first-order valence-corrected chi connectivity index (χ1v) is 7.01. The number of benzene rings is 1. The maximum atomic E-state index is 5.24. The van der Waals surface area contributed by atoms with Crippen molar-refractivity contribution >= 4 is 15.9 Å². The lowest BCUT2D eigenvalue weighted by Crippen LogP contribution is -2.30. The summed E-state index contributed by atoms with van der Waals surface area (Å²) in [5.41, 5.74) is 1.19. The first-order valence-electron chi connectivity index (χ1n) is 6.22. The second-order valence-corrected chi connectivity index (χ2v) is 5.32. The zero-order valence-corrected chi connectivity index (χ0v) is 12.7. The van der Waals surface area contributed by atoms with Gasteiger partial charge in [0.05, 0.1) is 13.7 Å². The highest BCUT2D eigenvalue weighted by Gasteiger charge is 2.06. The van der Waals surface area contributed by atoms with E-state index < -0.39 is 0 Å². The smallest absolute Gasteiger partial charge is 0.119 e. The molecule has 4 nitrogen and oxygen atoms in total. The van der Waals surface area contributed by atoms with Crippen LogP contribution in [0.3, 0.4) is 0 Å². The average molecular weight is 324 g/mol. The molecule has 2 aromatic rings. The summed E-state index contributed by atoms with van der Waals surface area (Å²) in [6, 6.07) is 8.27. The summed E-state index contributed by atoms with van der Waals surface area (Å²) in [5.74, 6) is 0.875. The molecule has 0 radical (unpaired) electrons. The van der Waals surface area contributed by atoms with E-state index in [0.717, 1.165) is 23.3 Å². The van der Waals surface area contributed by atoms with Gasteiger partial charge in [0.2, 0.25) is 0 Å². The van der Waals surface area contributed by atoms with Gasteiger partial charge in [0.25, 0.3) is 0 Å². The van der Waals surface area contributed by atoms with Crippen molar-refractivity contribution in [3.63, 3.8) is 0 Å². The molecule has 0 amide bonds. The number of halogens is 1. The minimum absolute atomic E-state index is 0.345. The van der Waals surface area contributed by atoms with E-state index in [4.69, 9.17) is 4.74 Å². The van der Waals surface area contributed by atoms with Crippen LogP contribution in [-0.4, -0.2) is 22.9 Å². The molecule has 5 heteroatoms. The van der Waals surface area contributed by atoms with Gasteiger partial charge in [-0.25, -0.2) is 0 Å². The Labute approximate surface area is 121 Å².